The van der Waals surface area contributed by atoms with Crippen molar-refractivity contribution in [2.45, 2.75) is 38.4 Å². The molecule has 0 bridgehead atoms. The quantitative estimate of drug-likeness (QED) is 0.882. The Morgan fingerprint density at radius 2 is 2.04 bits per heavy atom. The first-order valence-corrected chi connectivity index (χ1v) is 7.11. The van der Waals surface area contributed by atoms with Crippen LogP contribution in [0, 0.1) is 18.3 Å². The van der Waals surface area contributed by atoms with Gasteiger partial charge in [-0.1, -0.05) is 0 Å². The van der Waals surface area contributed by atoms with Crippen LogP contribution in [0.3, 0.4) is 0 Å². The fraction of sp³-hybridized carbons (Fsp3) is 0.571. The first-order chi connectivity index (χ1) is 10.6. The highest BCUT2D eigenvalue weighted by atomic mass is 19.4. The van der Waals surface area contributed by atoms with Crippen LogP contribution in [0.2, 0.25) is 0 Å². The first kappa shape index (κ1) is 15.7. The summed E-state index contributed by atoms with van der Waals surface area (Å²) in [5, 5.41) is 11.9. The Morgan fingerprint density at radius 1 is 1.35 bits per heavy atom. The number of carbonyl (C=O) groups is 2. The molecule has 0 aliphatic heterocycles. The number of halogens is 3. The molecule has 0 spiro atoms. The van der Waals surface area contributed by atoms with E-state index in [1.807, 2.05) is 0 Å². The normalized spacial score (nSPS) is 29.0. The minimum Gasteiger partial charge on any atom is -0.481 e. The van der Waals surface area contributed by atoms with Crippen LogP contribution in [0.5, 0.6) is 0 Å². The van der Waals surface area contributed by atoms with Crippen LogP contribution < -0.4 is 5.32 Å². The van der Waals surface area contributed by atoms with E-state index in [9.17, 15) is 27.9 Å². The molecular formula is C14H14F3N3O3. The van der Waals surface area contributed by atoms with Crippen molar-refractivity contribution in [3.8, 4) is 0 Å². The fourth-order valence-corrected chi connectivity index (χ4v) is 3.42. The molecule has 124 valence electrons. The first-order valence-electron chi connectivity index (χ1n) is 7.11. The number of carboxylic acid groups (broad SMARTS) is 1. The second-order valence-corrected chi connectivity index (χ2v) is 6.07. The topological polar surface area (TPSA) is 92.2 Å². The van der Waals surface area contributed by atoms with Gasteiger partial charge in [0.25, 0.3) is 5.91 Å². The number of hydrogen-bond donors (Lipinski definition) is 2. The van der Waals surface area contributed by atoms with E-state index in [1.54, 1.807) is 0 Å². The second-order valence-electron chi connectivity index (χ2n) is 6.07. The minimum absolute atomic E-state index is 0.0149. The summed E-state index contributed by atoms with van der Waals surface area (Å²) < 4.78 is 38.2. The number of amides is 1. The molecule has 2 fully saturated rings. The lowest BCUT2D eigenvalue weighted by Crippen LogP contribution is -2.43. The van der Waals surface area contributed by atoms with E-state index in [2.05, 4.69) is 15.3 Å². The van der Waals surface area contributed by atoms with Gasteiger partial charge >= 0.3 is 12.1 Å². The lowest BCUT2D eigenvalue weighted by atomic mass is 9.98. The molecule has 3 atom stereocenters. The van der Waals surface area contributed by atoms with Gasteiger partial charge in [0.15, 0.2) is 0 Å². The highest BCUT2D eigenvalue weighted by molar-refractivity contribution is 5.93. The van der Waals surface area contributed by atoms with Gasteiger partial charge < -0.3 is 10.4 Å². The summed E-state index contributed by atoms with van der Waals surface area (Å²) in [6.07, 6.45) is -3.07. The van der Waals surface area contributed by atoms with E-state index in [0.29, 0.717) is 19.3 Å². The summed E-state index contributed by atoms with van der Waals surface area (Å²) in [5.41, 5.74) is -1.36. The molecule has 1 amide bonds. The third-order valence-electron chi connectivity index (χ3n) is 4.62. The summed E-state index contributed by atoms with van der Waals surface area (Å²) in [6.45, 7) is 1.33. The summed E-state index contributed by atoms with van der Waals surface area (Å²) in [4.78, 5) is 30.1. The molecule has 2 saturated carbocycles. The number of aryl methyl sites for hydroxylation is 1. The fourth-order valence-electron chi connectivity index (χ4n) is 3.42. The van der Waals surface area contributed by atoms with Crippen molar-refractivity contribution in [3.63, 3.8) is 0 Å². The Bertz CT molecular complexity index is 692. The predicted octanol–water partition coefficient (Wildman–Crippen LogP) is 1.79. The van der Waals surface area contributed by atoms with Gasteiger partial charge in [0.1, 0.15) is 5.69 Å². The minimum atomic E-state index is -4.75. The van der Waals surface area contributed by atoms with Crippen LogP contribution in [-0.2, 0) is 11.0 Å². The Labute approximate surface area is 129 Å². The van der Waals surface area contributed by atoms with E-state index in [1.165, 1.54) is 6.92 Å². The largest absolute Gasteiger partial charge is 0.481 e. The van der Waals surface area contributed by atoms with Crippen LogP contribution in [0.1, 0.15) is 41.3 Å². The van der Waals surface area contributed by atoms with Gasteiger partial charge in [-0.05, 0) is 38.2 Å². The zero-order valence-corrected chi connectivity index (χ0v) is 12.1. The van der Waals surface area contributed by atoms with Gasteiger partial charge in [-0.2, -0.15) is 13.2 Å². The molecule has 1 heterocycles. The number of nitrogens with zero attached hydrogens (tertiary/aromatic N) is 2. The van der Waals surface area contributed by atoms with Crippen molar-refractivity contribution in [2.75, 3.05) is 0 Å². The lowest BCUT2D eigenvalue weighted by molar-refractivity contribution is -0.145. The van der Waals surface area contributed by atoms with Crippen molar-refractivity contribution in [1.29, 1.82) is 0 Å². The maximum absolute atomic E-state index is 12.7. The molecule has 3 unspecified atom stereocenters. The number of carbonyl (C=O) groups excluding carboxylic acids is 1. The van der Waals surface area contributed by atoms with E-state index >= 15 is 0 Å². The van der Waals surface area contributed by atoms with Crippen molar-refractivity contribution in [3.05, 3.63) is 23.3 Å². The average Bonchev–Trinajstić information content (AvgIpc) is 3.09. The summed E-state index contributed by atoms with van der Waals surface area (Å²) >= 11 is 0. The van der Waals surface area contributed by atoms with Crippen LogP contribution in [-0.4, -0.2) is 33.0 Å². The molecule has 2 aliphatic carbocycles. The standard InChI is InChI=1S/C14H14F3N3O3/c1-6-4-8(19-11(18-6)14(15,16)17)10(21)20-9-3-2-7-5-13(7,9)12(22)23/h4,7,9H,2-3,5H2,1H3,(H,20,21)(H,22,23). The highest BCUT2D eigenvalue weighted by Gasteiger charge is 2.68. The van der Waals surface area contributed by atoms with Crippen molar-refractivity contribution in [1.82, 2.24) is 15.3 Å². The van der Waals surface area contributed by atoms with E-state index in [0.717, 1.165) is 6.07 Å². The SMILES string of the molecule is Cc1cc(C(=O)NC2CCC3CC32C(=O)O)nc(C(F)(F)F)n1. The van der Waals surface area contributed by atoms with E-state index in [-0.39, 0.29) is 11.6 Å². The number of carboxylic acids is 1. The number of aromatic nitrogens is 2. The Hall–Kier alpha value is -2.19. The predicted molar refractivity (Wildman–Crippen MR) is 70.4 cm³/mol. The van der Waals surface area contributed by atoms with Crippen molar-refractivity contribution < 1.29 is 27.9 Å². The molecule has 3 rings (SSSR count). The Balaban J connectivity index is 1.82. The number of aliphatic carboxylic acids is 1. The van der Waals surface area contributed by atoms with Crippen LogP contribution in [0.15, 0.2) is 6.07 Å². The van der Waals surface area contributed by atoms with Gasteiger partial charge in [0.2, 0.25) is 5.82 Å². The molecule has 2 aliphatic rings. The number of rotatable bonds is 3. The van der Waals surface area contributed by atoms with Crippen LogP contribution in [0.4, 0.5) is 13.2 Å². The van der Waals surface area contributed by atoms with Gasteiger partial charge in [0.05, 0.1) is 5.41 Å². The zero-order valence-electron chi connectivity index (χ0n) is 12.1. The zero-order chi connectivity index (χ0) is 17.0. The molecule has 2 N–H and O–H groups in total. The molecule has 1 aromatic rings. The summed E-state index contributed by atoms with van der Waals surface area (Å²) in [7, 11) is 0. The van der Waals surface area contributed by atoms with E-state index < -0.39 is 41.0 Å². The molecule has 0 radical (unpaired) electrons. The Kier molecular flexibility index (Phi) is 3.35. The Morgan fingerprint density at radius 3 is 2.61 bits per heavy atom. The molecular weight excluding hydrogens is 315 g/mol. The van der Waals surface area contributed by atoms with Crippen molar-refractivity contribution >= 4 is 11.9 Å². The highest BCUT2D eigenvalue weighted by Crippen LogP contribution is 2.63. The van der Waals surface area contributed by atoms with Gasteiger partial charge in [0, 0.05) is 11.7 Å². The van der Waals surface area contributed by atoms with Crippen LogP contribution in [0.25, 0.3) is 0 Å². The molecule has 6 nitrogen and oxygen atoms in total. The molecule has 0 aromatic carbocycles. The van der Waals surface area contributed by atoms with E-state index in [4.69, 9.17) is 0 Å². The van der Waals surface area contributed by atoms with Gasteiger partial charge in [-0.3, -0.25) is 9.59 Å². The smallest absolute Gasteiger partial charge is 0.451 e. The van der Waals surface area contributed by atoms with Gasteiger partial charge in [-0.15, -0.1) is 0 Å². The summed E-state index contributed by atoms with van der Waals surface area (Å²) in [5.74, 6) is -3.13. The maximum atomic E-state index is 12.7. The van der Waals surface area contributed by atoms with Crippen molar-refractivity contribution in [2.24, 2.45) is 11.3 Å². The van der Waals surface area contributed by atoms with Gasteiger partial charge in [-0.25, -0.2) is 9.97 Å². The van der Waals surface area contributed by atoms with Crippen LogP contribution >= 0.6 is 0 Å². The lowest BCUT2D eigenvalue weighted by Gasteiger charge is -2.21. The molecule has 0 saturated heterocycles. The monoisotopic (exact) mass is 329 g/mol. The molecule has 23 heavy (non-hydrogen) atoms. The number of hydrogen-bond acceptors (Lipinski definition) is 4. The molecule has 9 heteroatoms. The number of fused-ring (bicyclic) bond motifs is 1. The number of alkyl halides is 3. The maximum Gasteiger partial charge on any atom is 0.451 e. The third-order valence-corrected chi connectivity index (χ3v) is 4.62. The molecule has 1 aromatic heterocycles. The third kappa shape index (κ3) is 2.53. The number of nitrogens with one attached hydrogen (secondary N) is 1. The average molecular weight is 329 g/mol. The second kappa shape index (κ2) is 4.90. The summed E-state index contributed by atoms with van der Waals surface area (Å²) in [6, 6.07) is 0.569.